The molecule has 1 aromatic heterocycles. The maximum atomic E-state index is 12.9. The van der Waals surface area contributed by atoms with E-state index in [0.717, 1.165) is 76.0 Å². The number of aliphatic hydroxyl groups is 1. The minimum atomic E-state index is -0.250. The number of nitrogens with two attached hydrogens (primary N) is 1. The molecule has 3 fully saturated rings. The fourth-order valence-electron chi connectivity index (χ4n) is 5.69. The van der Waals surface area contributed by atoms with Gasteiger partial charge in [-0.3, -0.25) is 9.69 Å². The van der Waals surface area contributed by atoms with Crippen molar-refractivity contribution in [1.82, 2.24) is 15.2 Å². The van der Waals surface area contributed by atoms with Gasteiger partial charge in [-0.25, -0.2) is 4.98 Å². The lowest BCUT2D eigenvalue weighted by molar-refractivity contribution is 0.0419. The molecule has 7 nitrogen and oxygen atoms in total. The smallest absolute Gasteiger partial charge is 0.255 e. The number of aliphatic hydroxyl groups excluding tert-OH is 1. The number of hydrogen-bond donors (Lipinski definition) is 3. The van der Waals surface area contributed by atoms with E-state index in [1.54, 1.807) is 6.20 Å². The molecule has 0 bridgehead atoms. The highest BCUT2D eigenvalue weighted by Crippen LogP contribution is 2.32. The van der Waals surface area contributed by atoms with Crippen LogP contribution in [0.3, 0.4) is 0 Å². The maximum Gasteiger partial charge on any atom is 0.255 e. The highest BCUT2D eigenvalue weighted by atomic mass is 16.5. The van der Waals surface area contributed by atoms with Gasteiger partial charge < -0.3 is 20.9 Å². The number of benzene rings is 1. The second kappa shape index (κ2) is 12.7. The summed E-state index contributed by atoms with van der Waals surface area (Å²) in [5.74, 6) is 0.619. The van der Waals surface area contributed by atoms with Crippen LogP contribution >= 0.6 is 0 Å². The van der Waals surface area contributed by atoms with Crippen molar-refractivity contribution in [3.63, 3.8) is 0 Å². The molecule has 5 rings (SSSR count). The first-order chi connectivity index (χ1) is 17.6. The van der Waals surface area contributed by atoms with Crippen molar-refractivity contribution < 1.29 is 14.6 Å². The third-order valence-electron chi connectivity index (χ3n) is 7.84. The van der Waals surface area contributed by atoms with Crippen LogP contribution in [-0.4, -0.2) is 65.4 Å². The summed E-state index contributed by atoms with van der Waals surface area (Å²) in [4.78, 5) is 19.8. The Labute approximate surface area is 215 Å². The molecule has 3 aliphatic rings. The van der Waals surface area contributed by atoms with Crippen LogP contribution in [0, 0.1) is 0 Å². The molecule has 1 aliphatic carbocycles. The molecule has 36 heavy (non-hydrogen) atoms. The van der Waals surface area contributed by atoms with Crippen LogP contribution in [0.5, 0.6) is 0 Å². The van der Waals surface area contributed by atoms with Crippen molar-refractivity contribution in [3.8, 4) is 11.1 Å². The monoisotopic (exact) mass is 494 g/mol. The third-order valence-corrected chi connectivity index (χ3v) is 7.84. The van der Waals surface area contributed by atoms with Crippen molar-refractivity contribution >= 4 is 11.7 Å². The largest absolute Gasteiger partial charge is 0.393 e. The molecule has 2 aliphatic heterocycles. The number of pyridine rings is 1. The van der Waals surface area contributed by atoms with Gasteiger partial charge in [0.15, 0.2) is 0 Å². The molecular formula is C29H42N4O3. The lowest BCUT2D eigenvalue weighted by Gasteiger charge is -2.31. The average molecular weight is 495 g/mol. The van der Waals surface area contributed by atoms with Crippen molar-refractivity contribution in [2.24, 2.45) is 0 Å². The topological polar surface area (TPSA) is 101 Å². The quantitative estimate of drug-likeness (QED) is 0.571. The Morgan fingerprint density at radius 1 is 1.03 bits per heavy atom. The molecule has 2 aromatic rings. The number of likely N-dealkylation sites (tertiary alicyclic amines) is 1. The number of amides is 1. The highest BCUT2D eigenvalue weighted by molar-refractivity contribution is 5.99. The van der Waals surface area contributed by atoms with E-state index in [9.17, 15) is 9.90 Å². The molecular weight excluding hydrogens is 452 g/mol. The van der Waals surface area contributed by atoms with Gasteiger partial charge in [0.2, 0.25) is 0 Å². The Kier molecular flexibility index (Phi) is 9.35. The zero-order valence-electron chi connectivity index (χ0n) is 21.8. The first-order valence-corrected chi connectivity index (χ1v) is 13.7. The first-order valence-electron chi connectivity index (χ1n) is 13.7. The lowest BCUT2D eigenvalue weighted by Crippen LogP contribution is -2.38. The third kappa shape index (κ3) is 6.44. The van der Waals surface area contributed by atoms with Crippen molar-refractivity contribution in [3.05, 3.63) is 47.7 Å². The minimum Gasteiger partial charge on any atom is -0.393 e. The van der Waals surface area contributed by atoms with Gasteiger partial charge in [-0.2, -0.15) is 0 Å². The van der Waals surface area contributed by atoms with Gasteiger partial charge in [-0.15, -0.1) is 0 Å². The van der Waals surface area contributed by atoms with Crippen molar-refractivity contribution in [2.75, 3.05) is 32.0 Å². The van der Waals surface area contributed by atoms with Crippen LogP contribution in [0.25, 0.3) is 11.1 Å². The molecule has 7 heteroatoms. The van der Waals surface area contributed by atoms with Crippen LogP contribution in [0.1, 0.15) is 80.6 Å². The summed E-state index contributed by atoms with van der Waals surface area (Å²) < 4.78 is 5.52. The summed E-state index contributed by atoms with van der Waals surface area (Å²) in [7, 11) is 0. The van der Waals surface area contributed by atoms with E-state index in [-0.39, 0.29) is 23.9 Å². The molecule has 1 unspecified atom stereocenters. The second-order valence-electron chi connectivity index (χ2n) is 10.1. The van der Waals surface area contributed by atoms with Crippen LogP contribution in [-0.2, 0) is 4.74 Å². The van der Waals surface area contributed by atoms with Gasteiger partial charge >= 0.3 is 0 Å². The number of carbonyl (C=O) groups excluding carboxylic acids is 1. The van der Waals surface area contributed by atoms with E-state index in [2.05, 4.69) is 39.5 Å². The molecule has 0 radical (unpaired) electrons. The fraction of sp³-hybridized carbons (Fsp3) is 0.586. The molecule has 3 heterocycles. The summed E-state index contributed by atoms with van der Waals surface area (Å²) in [6.45, 7) is 8.06. The zero-order valence-corrected chi connectivity index (χ0v) is 21.8. The predicted molar refractivity (Wildman–Crippen MR) is 144 cm³/mol. The predicted octanol–water partition coefficient (Wildman–Crippen LogP) is 4.36. The second-order valence-corrected chi connectivity index (χ2v) is 10.1. The Hall–Kier alpha value is -2.48. The molecule has 1 amide bonds. The van der Waals surface area contributed by atoms with Gasteiger partial charge in [-0.1, -0.05) is 38.1 Å². The SMILES string of the molecule is CC.Nc1ncc(-c2ccc(C3CCN(C4CCOCC4)C3)cc2)cc1C(=O)NC1CCC(O)CC1. The number of ether oxygens (including phenoxy) is 1. The zero-order chi connectivity index (χ0) is 25.5. The minimum absolute atomic E-state index is 0.0744. The molecule has 0 spiro atoms. The Morgan fingerprint density at radius 3 is 2.42 bits per heavy atom. The van der Waals surface area contributed by atoms with Gasteiger partial charge in [0, 0.05) is 43.6 Å². The van der Waals surface area contributed by atoms with Gasteiger partial charge in [-0.05, 0) is 74.6 Å². The summed E-state index contributed by atoms with van der Waals surface area (Å²) in [6.07, 6.45) is 7.99. The van der Waals surface area contributed by atoms with Gasteiger partial charge in [0.25, 0.3) is 5.91 Å². The van der Waals surface area contributed by atoms with Crippen LogP contribution in [0.2, 0.25) is 0 Å². The van der Waals surface area contributed by atoms with E-state index in [1.165, 1.54) is 12.0 Å². The van der Waals surface area contributed by atoms with Crippen LogP contribution in [0.15, 0.2) is 36.5 Å². The maximum absolute atomic E-state index is 12.9. The molecule has 196 valence electrons. The normalized spacial score (nSPS) is 25.1. The number of aromatic nitrogens is 1. The van der Waals surface area contributed by atoms with Crippen molar-refractivity contribution in [1.29, 1.82) is 0 Å². The van der Waals surface area contributed by atoms with E-state index in [1.807, 2.05) is 19.9 Å². The molecule has 1 aromatic carbocycles. The number of carbonyl (C=O) groups is 1. The van der Waals surface area contributed by atoms with E-state index in [4.69, 9.17) is 10.5 Å². The Balaban J connectivity index is 0.00000148. The number of nitrogens with zero attached hydrogens (tertiary/aromatic N) is 2. The van der Waals surface area contributed by atoms with E-state index < -0.39 is 0 Å². The van der Waals surface area contributed by atoms with E-state index >= 15 is 0 Å². The summed E-state index contributed by atoms with van der Waals surface area (Å²) in [5, 5.41) is 12.8. The van der Waals surface area contributed by atoms with E-state index in [0.29, 0.717) is 17.5 Å². The number of nitrogens with one attached hydrogen (secondary N) is 1. The Morgan fingerprint density at radius 2 is 1.72 bits per heavy atom. The van der Waals surface area contributed by atoms with Gasteiger partial charge in [0.1, 0.15) is 5.82 Å². The standard InChI is InChI=1S/C27H36N4O3.C2H6/c28-26-25(27(33)30-22-5-7-24(32)8-6-22)15-21(16-29-26)19-3-1-18(2-4-19)20-9-12-31(17-20)23-10-13-34-14-11-23;1-2/h1-4,15-16,20,22-24,32H,5-14,17H2,(H2,28,29)(H,30,33);1-2H3. The first kappa shape index (κ1) is 26.6. The summed E-state index contributed by atoms with van der Waals surface area (Å²) in [5.41, 5.74) is 9.76. The van der Waals surface area contributed by atoms with Crippen LogP contribution in [0.4, 0.5) is 5.82 Å². The number of nitrogen functional groups attached to an aromatic ring is 1. The number of anilines is 1. The van der Waals surface area contributed by atoms with Crippen molar-refractivity contribution in [2.45, 2.75) is 82.9 Å². The molecule has 1 atom stereocenters. The number of hydrogen-bond acceptors (Lipinski definition) is 6. The average Bonchev–Trinajstić information content (AvgIpc) is 3.42. The highest BCUT2D eigenvalue weighted by Gasteiger charge is 2.30. The number of rotatable bonds is 5. The molecule has 1 saturated carbocycles. The van der Waals surface area contributed by atoms with Crippen LogP contribution < -0.4 is 11.1 Å². The summed E-state index contributed by atoms with van der Waals surface area (Å²) in [6, 6.07) is 11.3. The molecule has 2 saturated heterocycles. The Bertz CT molecular complexity index is 983. The lowest BCUT2D eigenvalue weighted by atomic mass is 9.93. The van der Waals surface area contributed by atoms with Gasteiger partial charge in [0.05, 0.1) is 11.7 Å². The summed E-state index contributed by atoms with van der Waals surface area (Å²) >= 11 is 0. The molecule has 4 N–H and O–H groups in total. The fourth-order valence-corrected chi connectivity index (χ4v) is 5.69.